The Bertz CT molecular complexity index is 761. The van der Waals surface area contributed by atoms with Gasteiger partial charge in [-0.15, -0.1) is 0 Å². The van der Waals surface area contributed by atoms with Gasteiger partial charge in [0.15, 0.2) is 0 Å². The van der Waals surface area contributed by atoms with Gasteiger partial charge in [0.2, 0.25) is 0 Å². The highest BCUT2D eigenvalue weighted by Gasteiger charge is 2.23. The number of anilines is 1. The first-order valence-electron chi connectivity index (χ1n) is 7.85. The maximum Gasteiger partial charge on any atom is 0.407 e. The number of para-hydroxylation sites is 1. The van der Waals surface area contributed by atoms with Crippen LogP contribution in [0.2, 0.25) is 0 Å². The van der Waals surface area contributed by atoms with Gasteiger partial charge in [0.25, 0.3) is 5.91 Å². The van der Waals surface area contributed by atoms with Crippen molar-refractivity contribution in [1.29, 1.82) is 0 Å². The summed E-state index contributed by atoms with van der Waals surface area (Å²) in [6.07, 6.45) is 2.99. The summed E-state index contributed by atoms with van der Waals surface area (Å²) in [5.41, 5.74) is 3.33. The molecule has 0 spiro atoms. The Hall–Kier alpha value is -2.89. The Morgan fingerprint density at radius 1 is 1.29 bits per heavy atom. The molecule has 0 bridgehead atoms. The van der Waals surface area contributed by atoms with Gasteiger partial charge in [-0.1, -0.05) is 18.2 Å². The molecule has 24 heavy (non-hydrogen) atoms. The Morgan fingerprint density at radius 3 is 2.96 bits per heavy atom. The number of methoxy groups -OCH3 is 1. The van der Waals surface area contributed by atoms with Crippen molar-refractivity contribution in [3.63, 3.8) is 0 Å². The molecule has 1 aromatic heterocycles. The second-order valence-electron chi connectivity index (χ2n) is 5.57. The van der Waals surface area contributed by atoms with Crippen LogP contribution >= 0.6 is 0 Å². The number of amides is 2. The van der Waals surface area contributed by atoms with Crippen molar-refractivity contribution in [2.24, 2.45) is 0 Å². The number of hydrogen-bond donors (Lipinski definition) is 1. The summed E-state index contributed by atoms with van der Waals surface area (Å²) in [6.45, 7) is 0.915. The first-order chi connectivity index (χ1) is 11.7. The number of carbonyl (C=O) groups excluding carboxylic acids is 2. The van der Waals surface area contributed by atoms with E-state index in [0.29, 0.717) is 17.8 Å². The fraction of sp³-hybridized carbons (Fsp3) is 0.278. The number of benzene rings is 1. The average Bonchev–Trinajstić information content (AvgIpc) is 2.65. The maximum atomic E-state index is 12.9. The third kappa shape index (κ3) is 3.37. The van der Waals surface area contributed by atoms with E-state index in [1.54, 1.807) is 18.3 Å². The van der Waals surface area contributed by atoms with Gasteiger partial charge < -0.3 is 15.0 Å². The molecule has 124 valence electrons. The summed E-state index contributed by atoms with van der Waals surface area (Å²) in [5, 5.41) is 2.56. The van der Waals surface area contributed by atoms with Crippen molar-refractivity contribution >= 4 is 17.7 Å². The Balaban J connectivity index is 1.80. The topological polar surface area (TPSA) is 71.5 Å². The summed E-state index contributed by atoms with van der Waals surface area (Å²) >= 11 is 0. The molecule has 1 aliphatic rings. The van der Waals surface area contributed by atoms with Crippen LogP contribution in [0.1, 0.15) is 28.0 Å². The zero-order valence-electron chi connectivity index (χ0n) is 13.5. The lowest BCUT2D eigenvalue weighted by Crippen LogP contribution is -2.35. The Morgan fingerprint density at radius 2 is 2.12 bits per heavy atom. The van der Waals surface area contributed by atoms with Gasteiger partial charge >= 0.3 is 6.09 Å². The number of nitrogens with zero attached hydrogens (tertiary/aromatic N) is 2. The summed E-state index contributed by atoms with van der Waals surface area (Å²) in [5.74, 6) is -0.0520. The highest BCUT2D eigenvalue weighted by molar-refractivity contribution is 6.06. The van der Waals surface area contributed by atoms with Crippen LogP contribution in [0.4, 0.5) is 10.5 Å². The molecule has 0 fully saturated rings. The fourth-order valence-corrected chi connectivity index (χ4v) is 2.84. The number of aromatic nitrogens is 1. The van der Waals surface area contributed by atoms with Crippen molar-refractivity contribution in [2.45, 2.75) is 19.4 Å². The molecular weight excluding hydrogens is 306 g/mol. The Labute approximate surface area is 140 Å². The first-order valence-corrected chi connectivity index (χ1v) is 7.85. The molecule has 2 aromatic rings. The molecule has 2 heterocycles. The number of alkyl carbamates (subject to hydrolysis) is 1. The normalized spacial score (nSPS) is 13.1. The van der Waals surface area contributed by atoms with Gasteiger partial charge in [-0.05, 0) is 36.6 Å². The number of rotatable bonds is 3. The van der Waals surface area contributed by atoms with Crippen LogP contribution < -0.4 is 10.2 Å². The van der Waals surface area contributed by atoms with Gasteiger partial charge in [0, 0.05) is 24.0 Å². The summed E-state index contributed by atoms with van der Waals surface area (Å²) in [7, 11) is 1.30. The van der Waals surface area contributed by atoms with E-state index in [1.165, 1.54) is 12.7 Å². The molecule has 1 N–H and O–H groups in total. The van der Waals surface area contributed by atoms with E-state index >= 15 is 0 Å². The van der Waals surface area contributed by atoms with Crippen molar-refractivity contribution < 1.29 is 14.3 Å². The largest absolute Gasteiger partial charge is 0.453 e. The second kappa shape index (κ2) is 7.12. The molecule has 0 saturated carbocycles. The van der Waals surface area contributed by atoms with Gasteiger partial charge in [0.05, 0.1) is 19.3 Å². The zero-order valence-corrected chi connectivity index (χ0v) is 13.5. The molecule has 0 saturated heterocycles. The third-order valence-electron chi connectivity index (χ3n) is 4.02. The van der Waals surface area contributed by atoms with E-state index in [-0.39, 0.29) is 12.5 Å². The monoisotopic (exact) mass is 325 g/mol. The standard InChI is InChI=1S/C18H19N3O3/c1-24-18(23)20-12-15-11-14(8-9-19-15)17(22)21-10-4-6-13-5-2-3-7-16(13)21/h2-3,5,7-9,11H,4,6,10,12H2,1H3,(H,20,23). The molecule has 0 atom stereocenters. The molecule has 0 aliphatic carbocycles. The van der Waals surface area contributed by atoms with Gasteiger partial charge in [-0.25, -0.2) is 4.79 Å². The molecule has 6 nitrogen and oxygen atoms in total. The molecule has 1 aromatic carbocycles. The molecule has 0 unspecified atom stereocenters. The van der Waals surface area contributed by atoms with E-state index < -0.39 is 6.09 Å². The minimum atomic E-state index is -0.529. The first kappa shape index (κ1) is 16.0. The highest BCUT2D eigenvalue weighted by Crippen LogP contribution is 2.28. The number of aryl methyl sites for hydroxylation is 1. The minimum absolute atomic E-state index is 0.0520. The van der Waals surface area contributed by atoms with E-state index in [0.717, 1.165) is 18.5 Å². The van der Waals surface area contributed by atoms with Gasteiger partial charge in [0.1, 0.15) is 0 Å². The van der Waals surface area contributed by atoms with Gasteiger partial charge in [-0.3, -0.25) is 9.78 Å². The minimum Gasteiger partial charge on any atom is -0.453 e. The number of carbonyl (C=O) groups is 2. The quantitative estimate of drug-likeness (QED) is 0.941. The SMILES string of the molecule is COC(=O)NCc1cc(C(=O)N2CCCc3ccccc32)ccn1. The van der Waals surface area contributed by atoms with E-state index in [4.69, 9.17) is 0 Å². The summed E-state index contributed by atoms with van der Waals surface area (Å²) in [6, 6.07) is 11.4. The maximum absolute atomic E-state index is 12.9. The second-order valence-corrected chi connectivity index (χ2v) is 5.57. The smallest absolute Gasteiger partial charge is 0.407 e. The van der Waals surface area contributed by atoms with E-state index in [1.807, 2.05) is 23.1 Å². The highest BCUT2D eigenvalue weighted by atomic mass is 16.5. The number of ether oxygens (including phenoxy) is 1. The van der Waals surface area contributed by atoms with Crippen LogP contribution in [0.15, 0.2) is 42.6 Å². The van der Waals surface area contributed by atoms with Crippen LogP contribution in [-0.2, 0) is 17.7 Å². The average molecular weight is 325 g/mol. The van der Waals surface area contributed by atoms with Crippen molar-refractivity contribution in [3.8, 4) is 0 Å². The molecule has 1 aliphatic heterocycles. The van der Waals surface area contributed by atoms with E-state index in [9.17, 15) is 9.59 Å². The molecule has 3 rings (SSSR count). The van der Waals surface area contributed by atoms with Crippen LogP contribution in [0.3, 0.4) is 0 Å². The van der Waals surface area contributed by atoms with Crippen molar-refractivity contribution in [1.82, 2.24) is 10.3 Å². The third-order valence-corrected chi connectivity index (χ3v) is 4.02. The van der Waals surface area contributed by atoms with Crippen LogP contribution in [-0.4, -0.2) is 30.6 Å². The molecule has 2 amide bonds. The lowest BCUT2D eigenvalue weighted by atomic mass is 10.0. The van der Waals surface area contributed by atoms with Crippen molar-refractivity contribution in [3.05, 3.63) is 59.4 Å². The van der Waals surface area contributed by atoms with Crippen molar-refractivity contribution in [2.75, 3.05) is 18.6 Å². The number of hydrogen-bond acceptors (Lipinski definition) is 4. The lowest BCUT2D eigenvalue weighted by Gasteiger charge is -2.29. The number of nitrogens with one attached hydrogen (secondary N) is 1. The summed E-state index contributed by atoms with van der Waals surface area (Å²) in [4.78, 5) is 30.0. The number of fused-ring (bicyclic) bond motifs is 1. The molecular formula is C18H19N3O3. The summed E-state index contributed by atoms with van der Waals surface area (Å²) < 4.78 is 4.53. The zero-order chi connectivity index (χ0) is 16.9. The predicted octanol–water partition coefficient (Wildman–Crippen LogP) is 2.53. The van der Waals surface area contributed by atoms with E-state index in [2.05, 4.69) is 21.1 Å². The van der Waals surface area contributed by atoms with Gasteiger partial charge in [-0.2, -0.15) is 0 Å². The Kier molecular flexibility index (Phi) is 4.74. The lowest BCUT2D eigenvalue weighted by molar-refractivity contribution is 0.0985. The fourth-order valence-electron chi connectivity index (χ4n) is 2.84. The predicted molar refractivity (Wildman–Crippen MR) is 89.9 cm³/mol. The van der Waals surface area contributed by atoms with Crippen LogP contribution in [0.5, 0.6) is 0 Å². The molecule has 6 heteroatoms. The van der Waals surface area contributed by atoms with Crippen LogP contribution in [0.25, 0.3) is 0 Å². The molecule has 0 radical (unpaired) electrons. The number of pyridine rings is 1. The van der Waals surface area contributed by atoms with Crippen LogP contribution in [0, 0.1) is 0 Å².